The van der Waals surface area contributed by atoms with Crippen molar-refractivity contribution in [2.45, 2.75) is 33.5 Å². The Balaban J connectivity index is 1.55. The zero-order valence-electron chi connectivity index (χ0n) is 15.3. The van der Waals surface area contributed by atoms with Crippen LogP contribution in [-0.2, 0) is 19.6 Å². The maximum Gasteiger partial charge on any atom is 0.315 e. The lowest BCUT2D eigenvalue weighted by Crippen LogP contribution is -2.35. The van der Waals surface area contributed by atoms with Crippen LogP contribution < -0.4 is 10.6 Å². The number of nitrogens with zero attached hydrogens (tertiary/aromatic N) is 1. The van der Waals surface area contributed by atoms with Gasteiger partial charge in [0.25, 0.3) is 0 Å². The largest absolute Gasteiger partial charge is 0.345 e. The minimum absolute atomic E-state index is 0.159. The highest BCUT2D eigenvalue weighted by Gasteiger charge is 2.06. The summed E-state index contributed by atoms with van der Waals surface area (Å²) in [6.07, 6.45) is 2.06. The minimum Gasteiger partial charge on any atom is -0.345 e. The molecule has 0 atom stereocenters. The monoisotopic (exact) mass is 347 g/mol. The second-order valence-corrected chi connectivity index (χ2v) is 6.58. The summed E-state index contributed by atoms with van der Waals surface area (Å²) in [4.78, 5) is 12.0. The Labute approximate surface area is 154 Å². The Morgan fingerprint density at radius 3 is 2.50 bits per heavy atom. The van der Waals surface area contributed by atoms with Crippen LogP contribution in [0.25, 0.3) is 0 Å². The number of rotatable bonds is 6. The van der Waals surface area contributed by atoms with Crippen LogP contribution in [0.4, 0.5) is 4.79 Å². The van der Waals surface area contributed by atoms with Crippen molar-refractivity contribution in [2.75, 3.05) is 0 Å². The Kier molecular flexibility index (Phi) is 5.74. The number of aromatic nitrogens is 1. The molecular formula is C22H25N3O. The molecule has 3 rings (SSSR count). The van der Waals surface area contributed by atoms with Gasteiger partial charge in [-0.1, -0.05) is 54.1 Å². The van der Waals surface area contributed by atoms with Gasteiger partial charge in [-0.15, -0.1) is 0 Å². The van der Waals surface area contributed by atoms with Gasteiger partial charge in [-0.25, -0.2) is 4.79 Å². The van der Waals surface area contributed by atoms with Crippen molar-refractivity contribution in [1.29, 1.82) is 0 Å². The summed E-state index contributed by atoms with van der Waals surface area (Å²) in [5, 5.41) is 5.82. The van der Waals surface area contributed by atoms with Crippen molar-refractivity contribution < 1.29 is 4.79 Å². The molecule has 0 unspecified atom stereocenters. The summed E-state index contributed by atoms with van der Waals surface area (Å²) in [7, 11) is 0. The first-order chi connectivity index (χ1) is 12.6. The molecule has 0 fully saturated rings. The summed E-state index contributed by atoms with van der Waals surface area (Å²) >= 11 is 0. The fraction of sp³-hybridized carbons (Fsp3) is 0.227. The standard InChI is InChI=1S/C22H25N3O/c1-17-10-11-18(2)20(13-17)16-25-12-6-9-21(25)15-24-22(26)23-14-19-7-4-3-5-8-19/h3-13H,14-16H2,1-2H3,(H2,23,24,26). The van der Waals surface area contributed by atoms with Gasteiger partial charge in [-0.05, 0) is 42.7 Å². The quantitative estimate of drug-likeness (QED) is 0.691. The normalized spacial score (nSPS) is 10.5. The lowest BCUT2D eigenvalue weighted by molar-refractivity contribution is 0.240. The number of aryl methyl sites for hydroxylation is 2. The molecule has 0 radical (unpaired) electrons. The van der Waals surface area contributed by atoms with E-state index >= 15 is 0 Å². The van der Waals surface area contributed by atoms with E-state index in [0.717, 1.165) is 17.8 Å². The van der Waals surface area contributed by atoms with E-state index in [2.05, 4.69) is 53.4 Å². The van der Waals surface area contributed by atoms with Crippen LogP contribution >= 0.6 is 0 Å². The Bertz CT molecular complexity index is 868. The molecular weight excluding hydrogens is 322 g/mol. The first-order valence-electron chi connectivity index (χ1n) is 8.87. The molecule has 4 heteroatoms. The van der Waals surface area contributed by atoms with Crippen molar-refractivity contribution in [2.24, 2.45) is 0 Å². The molecule has 0 saturated heterocycles. The van der Waals surface area contributed by atoms with Gasteiger partial charge in [0.15, 0.2) is 0 Å². The SMILES string of the molecule is Cc1ccc(C)c(Cn2cccc2CNC(=O)NCc2ccccc2)c1. The van der Waals surface area contributed by atoms with E-state index in [9.17, 15) is 4.79 Å². The number of urea groups is 1. The van der Waals surface area contributed by atoms with E-state index in [1.54, 1.807) is 0 Å². The van der Waals surface area contributed by atoms with Crippen LogP contribution in [-0.4, -0.2) is 10.6 Å². The third kappa shape index (κ3) is 4.76. The third-order valence-electron chi connectivity index (χ3n) is 4.49. The molecule has 0 saturated carbocycles. The maximum atomic E-state index is 12.0. The van der Waals surface area contributed by atoms with Crippen molar-refractivity contribution >= 4 is 6.03 Å². The molecule has 134 valence electrons. The molecule has 0 bridgehead atoms. The molecule has 2 amide bonds. The van der Waals surface area contributed by atoms with Gasteiger partial charge in [0.1, 0.15) is 0 Å². The topological polar surface area (TPSA) is 46.1 Å². The number of amides is 2. The van der Waals surface area contributed by atoms with E-state index in [1.807, 2.05) is 42.5 Å². The number of benzene rings is 2. The highest BCUT2D eigenvalue weighted by atomic mass is 16.2. The molecule has 0 spiro atoms. The molecule has 26 heavy (non-hydrogen) atoms. The lowest BCUT2D eigenvalue weighted by Gasteiger charge is -2.13. The predicted molar refractivity (Wildman–Crippen MR) is 105 cm³/mol. The summed E-state index contributed by atoms with van der Waals surface area (Å²) in [6.45, 7) is 6.07. The Morgan fingerprint density at radius 2 is 1.69 bits per heavy atom. The average molecular weight is 347 g/mol. The van der Waals surface area contributed by atoms with Crippen LogP contribution in [0.1, 0.15) is 27.9 Å². The van der Waals surface area contributed by atoms with E-state index in [0.29, 0.717) is 13.1 Å². The van der Waals surface area contributed by atoms with E-state index in [1.165, 1.54) is 16.7 Å². The van der Waals surface area contributed by atoms with Crippen LogP contribution in [0, 0.1) is 13.8 Å². The number of hydrogen-bond donors (Lipinski definition) is 2. The second-order valence-electron chi connectivity index (χ2n) is 6.58. The van der Waals surface area contributed by atoms with Crippen LogP contribution in [0.5, 0.6) is 0 Å². The highest BCUT2D eigenvalue weighted by molar-refractivity contribution is 5.73. The summed E-state index contributed by atoms with van der Waals surface area (Å²) in [5.41, 5.74) is 6.01. The van der Waals surface area contributed by atoms with E-state index < -0.39 is 0 Å². The van der Waals surface area contributed by atoms with Crippen LogP contribution in [0.3, 0.4) is 0 Å². The van der Waals surface area contributed by atoms with Gasteiger partial charge in [0, 0.05) is 25.0 Å². The van der Waals surface area contributed by atoms with Gasteiger partial charge >= 0.3 is 6.03 Å². The molecule has 1 heterocycles. The van der Waals surface area contributed by atoms with E-state index in [4.69, 9.17) is 0 Å². The van der Waals surface area contributed by atoms with Crippen molar-refractivity contribution in [3.8, 4) is 0 Å². The van der Waals surface area contributed by atoms with E-state index in [-0.39, 0.29) is 6.03 Å². The fourth-order valence-electron chi connectivity index (χ4n) is 2.93. The molecule has 2 aromatic carbocycles. The van der Waals surface area contributed by atoms with Crippen LogP contribution in [0.2, 0.25) is 0 Å². The average Bonchev–Trinajstić information content (AvgIpc) is 3.09. The number of hydrogen-bond acceptors (Lipinski definition) is 1. The smallest absolute Gasteiger partial charge is 0.315 e. The summed E-state index contributed by atoms with van der Waals surface area (Å²) in [6, 6.07) is 20.3. The van der Waals surface area contributed by atoms with Crippen molar-refractivity contribution in [3.05, 3.63) is 94.8 Å². The van der Waals surface area contributed by atoms with Gasteiger partial charge in [-0.3, -0.25) is 0 Å². The zero-order valence-corrected chi connectivity index (χ0v) is 15.3. The van der Waals surface area contributed by atoms with Crippen molar-refractivity contribution in [1.82, 2.24) is 15.2 Å². The van der Waals surface area contributed by atoms with Gasteiger partial charge in [0.05, 0.1) is 6.54 Å². The Morgan fingerprint density at radius 1 is 0.923 bits per heavy atom. The van der Waals surface area contributed by atoms with Gasteiger partial charge < -0.3 is 15.2 Å². The van der Waals surface area contributed by atoms with Gasteiger partial charge in [0.2, 0.25) is 0 Å². The molecule has 0 aliphatic carbocycles. The molecule has 1 aromatic heterocycles. The molecule has 2 N–H and O–H groups in total. The Hall–Kier alpha value is -3.01. The van der Waals surface area contributed by atoms with Crippen molar-refractivity contribution in [3.63, 3.8) is 0 Å². The molecule has 4 nitrogen and oxygen atoms in total. The lowest BCUT2D eigenvalue weighted by atomic mass is 10.1. The van der Waals surface area contributed by atoms with Crippen LogP contribution in [0.15, 0.2) is 66.9 Å². The fourth-order valence-corrected chi connectivity index (χ4v) is 2.93. The molecule has 0 aliphatic heterocycles. The first-order valence-corrected chi connectivity index (χ1v) is 8.87. The zero-order chi connectivity index (χ0) is 18.4. The predicted octanol–water partition coefficient (Wildman–Crippen LogP) is 4.15. The maximum absolute atomic E-state index is 12.0. The number of nitrogens with one attached hydrogen (secondary N) is 2. The molecule has 0 aliphatic rings. The first kappa shape index (κ1) is 17.8. The third-order valence-corrected chi connectivity index (χ3v) is 4.49. The van der Waals surface area contributed by atoms with Gasteiger partial charge in [-0.2, -0.15) is 0 Å². The summed E-state index contributed by atoms with van der Waals surface area (Å²) in [5.74, 6) is 0. The summed E-state index contributed by atoms with van der Waals surface area (Å²) < 4.78 is 2.18. The number of carbonyl (C=O) groups excluding carboxylic acids is 1. The molecule has 3 aromatic rings. The highest BCUT2D eigenvalue weighted by Crippen LogP contribution is 2.14. The number of carbonyl (C=O) groups is 1. The minimum atomic E-state index is -0.159. The second kappa shape index (κ2) is 8.39.